The summed E-state index contributed by atoms with van der Waals surface area (Å²) in [6.45, 7) is 0. The van der Waals surface area contributed by atoms with Crippen molar-refractivity contribution in [3.8, 4) is 0 Å². The third-order valence-corrected chi connectivity index (χ3v) is 6.66. The monoisotopic (exact) mass is 307 g/mol. The second-order valence-electron chi connectivity index (χ2n) is 6.14. The van der Waals surface area contributed by atoms with E-state index in [2.05, 4.69) is 5.32 Å². The third kappa shape index (κ3) is 3.46. The molecule has 0 saturated heterocycles. The van der Waals surface area contributed by atoms with E-state index in [4.69, 9.17) is 0 Å². The van der Waals surface area contributed by atoms with Gasteiger partial charge in [-0.3, -0.25) is 4.79 Å². The van der Waals surface area contributed by atoms with E-state index in [0.29, 0.717) is 18.8 Å². The number of nitrogens with one attached hydrogen (secondary N) is 1. The van der Waals surface area contributed by atoms with Gasteiger partial charge >= 0.3 is 0 Å². The molecule has 0 aliphatic heterocycles. The predicted molar refractivity (Wildman–Crippen MR) is 81.8 cm³/mol. The van der Waals surface area contributed by atoms with Gasteiger partial charge in [-0.05, 0) is 24.8 Å². The van der Waals surface area contributed by atoms with Crippen LogP contribution in [-0.4, -0.2) is 31.4 Å². The second-order valence-corrected chi connectivity index (χ2v) is 8.42. The smallest absolute Gasteiger partial charge is 0.235 e. The van der Waals surface area contributed by atoms with Gasteiger partial charge in [0.2, 0.25) is 5.91 Å². The molecular formula is C16H21NO3S. The summed E-state index contributed by atoms with van der Waals surface area (Å²) in [5.74, 6) is -0.356. The number of carbonyl (C=O) groups is 1. The van der Waals surface area contributed by atoms with Crippen LogP contribution < -0.4 is 5.32 Å². The van der Waals surface area contributed by atoms with Crippen molar-refractivity contribution in [3.63, 3.8) is 0 Å². The summed E-state index contributed by atoms with van der Waals surface area (Å²) in [7, 11) is -3.27. The Hall–Kier alpha value is -1.36. The average Bonchev–Trinajstić information content (AvgIpc) is 2.99. The Morgan fingerprint density at radius 3 is 2.48 bits per heavy atom. The van der Waals surface area contributed by atoms with Gasteiger partial charge in [0.25, 0.3) is 0 Å². The molecular weight excluding hydrogens is 286 g/mol. The topological polar surface area (TPSA) is 63.2 Å². The molecule has 0 bridgehead atoms. The lowest BCUT2D eigenvalue weighted by Gasteiger charge is -2.11. The van der Waals surface area contributed by atoms with E-state index < -0.39 is 9.84 Å². The number of hydrogen-bond donors (Lipinski definition) is 1. The fraction of sp³-hybridized carbons (Fsp3) is 0.562. The zero-order chi connectivity index (χ0) is 14.9. The van der Waals surface area contributed by atoms with Crippen molar-refractivity contribution in [2.45, 2.75) is 49.3 Å². The van der Waals surface area contributed by atoms with E-state index in [1.165, 1.54) is 5.56 Å². The fourth-order valence-corrected chi connectivity index (χ4v) is 4.96. The highest BCUT2D eigenvalue weighted by Crippen LogP contribution is 2.40. The molecule has 3 rings (SSSR count). The van der Waals surface area contributed by atoms with Gasteiger partial charge in [-0.2, -0.15) is 0 Å². The maximum atomic E-state index is 12.1. The summed E-state index contributed by atoms with van der Waals surface area (Å²) < 4.78 is 24.3. The summed E-state index contributed by atoms with van der Waals surface area (Å²) in [5, 5.41) is 2.57. The Morgan fingerprint density at radius 1 is 1.14 bits per heavy atom. The van der Waals surface area contributed by atoms with E-state index >= 15 is 0 Å². The van der Waals surface area contributed by atoms with Crippen molar-refractivity contribution in [2.24, 2.45) is 0 Å². The van der Waals surface area contributed by atoms with Gasteiger partial charge in [0.15, 0.2) is 9.84 Å². The zero-order valence-corrected chi connectivity index (χ0v) is 12.8. The SMILES string of the molecule is O=C(CS(=O)(=O)C1CCCC1)N[C@H]1C[C@@H]1c1ccccc1. The van der Waals surface area contributed by atoms with Gasteiger partial charge in [0.1, 0.15) is 5.75 Å². The molecule has 1 amide bonds. The zero-order valence-electron chi connectivity index (χ0n) is 12.0. The maximum Gasteiger partial charge on any atom is 0.235 e. The van der Waals surface area contributed by atoms with E-state index in [1.54, 1.807) is 0 Å². The van der Waals surface area contributed by atoms with Crippen LogP contribution in [0.5, 0.6) is 0 Å². The first-order chi connectivity index (χ1) is 10.1. The number of amides is 1. The summed E-state index contributed by atoms with van der Waals surface area (Å²) in [6, 6.07) is 10.1. The summed E-state index contributed by atoms with van der Waals surface area (Å²) in [6.07, 6.45) is 4.25. The Labute approximate surface area is 125 Å². The molecule has 2 aliphatic rings. The Morgan fingerprint density at radius 2 is 1.81 bits per heavy atom. The number of hydrogen-bond acceptors (Lipinski definition) is 3. The molecule has 0 spiro atoms. The van der Waals surface area contributed by atoms with Crippen molar-refractivity contribution in [1.29, 1.82) is 0 Å². The minimum absolute atomic E-state index is 0.0960. The molecule has 0 radical (unpaired) electrons. The lowest BCUT2D eigenvalue weighted by Crippen LogP contribution is -2.35. The lowest BCUT2D eigenvalue weighted by molar-refractivity contribution is -0.118. The number of benzene rings is 1. The highest BCUT2D eigenvalue weighted by Gasteiger charge is 2.40. The van der Waals surface area contributed by atoms with Gasteiger partial charge < -0.3 is 5.32 Å². The third-order valence-electron chi connectivity index (χ3n) is 4.51. The highest BCUT2D eigenvalue weighted by atomic mass is 32.2. The molecule has 1 aromatic rings. The standard InChI is InChI=1S/C16H21NO3S/c18-16(11-21(19,20)13-8-4-5-9-13)17-15-10-14(15)12-6-2-1-3-7-12/h1-3,6-7,13-15H,4-5,8-11H2,(H,17,18)/t14-,15+/m1/s1. The molecule has 2 saturated carbocycles. The van der Waals surface area contributed by atoms with Crippen molar-refractivity contribution in [2.75, 3.05) is 5.75 Å². The van der Waals surface area contributed by atoms with Gasteiger partial charge in [-0.1, -0.05) is 43.2 Å². The first-order valence-corrected chi connectivity index (χ1v) is 9.34. The van der Waals surface area contributed by atoms with Crippen molar-refractivity contribution in [3.05, 3.63) is 35.9 Å². The van der Waals surface area contributed by atoms with Crippen LogP contribution in [0.1, 0.15) is 43.6 Å². The molecule has 1 aromatic carbocycles. The number of sulfone groups is 1. The van der Waals surface area contributed by atoms with Crippen LogP contribution in [0, 0.1) is 0 Å². The van der Waals surface area contributed by atoms with Gasteiger partial charge in [-0.25, -0.2) is 8.42 Å². The van der Waals surface area contributed by atoms with Crippen LogP contribution in [0.25, 0.3) is 0 Å². The highest BCUT2D eigenvalue weighted by molar-refractivity contribution is 7.92. The van der Waals surface area contributed by atoms with E-state index in [0.717, 1.165) is 19.3 Å². The molecule has 2 fully saturated rings. The summed E-state index contributed by atoms with van der Waals surface area (Å²) in [5.41, 5.74) is 1.21. The molecule has 0 heterocycles. The van der Waals surface area contributed by atoms with Gasteiger partial charge in [0.05, 0.1) is 5.25 Å². The van der Waals surface area contributed by atoms with Crippen LogP contribution in [0.4, 0.5) is 0 Å². The van der Waals surface area contributed by atoms with Crippen LogP contribution >= 0.6 is 0 Å². The van der Waals surface area contributed by atoms with Gasteiger partial charge in [-0.15, -0.1) is 0 Å². The average molecular weight is 307 g/mol. The molecule has 21 heavy (non-hydrogen) atoms. The summed E-state index contributed by atoms with van der Waals surface area (Å²) >= 11 is 0. The Kier molecular flexibility index (Phi) is 4.02. The van der Waals surface area contributed by atoms with Crippen molar-refractivity contribution < 1.29 is 13.2 Å². The van der Waals surface area contributed by atoms with E-state index in [1.807, 2.05) is 30.3 Å². The van der Waals surface area contributed by atoms with E-state index in [9.17, 15) is 13.2 Å². The quantitative estimate of drug-likeness (QED) is 0.905. The van der Waals surface area contributed by atoms with Crippen LogP contribution in [0.2, 0.25) is 0 Å². The first kappa shape index (κ1) is 14.6. The van der Waals surface area contributed by atoms with Crippen LogP contribution in [0.3, 0.4) is 0 Å². The minimum atomic E-state index is -3.27. The number of carbonyl (C=O) groups excluding carboxylic acids is 1. The summed E-state index contributed by atoms with van der Waals surface area (Å²) in [4.78, 5) is 12.0. The van der Waals surface area contributed by atoms with Crippen molar-refractivity contribution in [1.82, 2.24) is 5.32 Å². The molecule has 2 atom stereocenters. The largest absolute Gasteiger partial charge is 0.352 e. The Bertz CT molecular complexity index is 606. The number of rotatable bonds is 5. The van der Waals surface area contributed by atoms with Gasteiger partial charge in [0, 0.05) is 12.0 Å². The molecule has 1 N–H and O–H groups in total. The molecule has 114 valence electrons. The predicted octanol–water partition coefficient (Wildman–Crippen LogP) is 2.02. The van der Waals surface area contributed by atoms with Crippen molar-refractivity contribution >= 4 is 15.7 Å². The molecule has 0 unspecified atom stereocenters. The van der Waals surface area contributed by atoms with E-state index in [-0.39, 0.29) is 23.0 Å². The fourth-order valence-electron chi connectivity index (χ4n) is 3.22. The van der Waals surface area contributed by atoms with Crippen LogP contribution in [0.15, 0.2) is 30.3 Å². The second kappa shape index (κ2) is 5.79. The lowest BCUT2D eigenvalue weighted by atomic mass is 10.1. The van der Waals surface area contributed by atoms with Crippen LogP contribution in [-0.2, 0) is 14.6 Å². The maximum absolute atomic E-state index is 12.1. The molecule has 0 aromatic heterocycles. The first-order valence-electron chi connectivity index (χ1n) is 7.62. The molecule has 4 nitrogen and oxygen atoms in total. The normalized spacial score (nSPS) is 25.7. The Balaban J connectivity index is 1.52. The minimum Gasteiger partial charge on any atom is -0.352 e. The molecule has 2 aliphatic carbocycles. The molecule has 5 heteroatoms.